The first-order valence-corrected chi connectivity index (χ1v) is 5.69. The highest BCUT2D eigenvalue weighted by Crippen LogP contribution is 2.17. The zero-order chi connectivity index (χ0) is 10.7. The SMILES string of the molecule is CCC(=O)c1cnc2c(n1)CCCCC2. The molecule has 3 nitrogen and oxygen atoms in total. The van der Waals surface area contributed by atoms with Crippen LogP contribution in [0.1, 0.15) is 54.5 Å². The van der Waals surface area contributed by atoms with Crippen LogP contribution >= 0.6 is 0 Å². The van der Waals surface area contributed by atoms with Crippen LogP contribution in [-0.2, 0) is 12.8 Å². The maximum Gasteiger partial charge on any atom is 0.182 e. The molecule has 0 saturated heterocycles. The van der Waals surface area contributed by atoms with Crippen LogP contribution in [-0.4, -0.2) is 15.8 Å². The molecular formula is C12H16N2O. The Morgan fingerprint density at radius 1 is 1.27 bits per heavy atom. The lowest BCUT2D eigenvalue weighted by atomic mass is 10.2. The van der Waals surface area contributed by atoms with E-state index in [1.807, 2.05) is 6.92 Å². The number of rotatable bonds is 2. The van der Waals surface area contributed by atoms with Crippen LogP contribution < -0.4 is 0 Å². The lowest BCUT2D eigenvalue weighted by Gasteiger charge is -2.05. The van der Waals surface area contributed by atoms with Crippen molar-refractivity contribution in [1.29, 1.82) is 0 Å². The van der Waals surface area contributed by atoms with E-state index >= 15 is 0 Å². The number of ketones is 1. The molecule has 80 valence electrons. The molecule has 0 amide bonds. The molecule has 1 aliphatic carbocycles. The zero-order valence-electron chi connectivity index (χ0n) is 9.12. The van der Waals surface area contributed by atoms with E-state index in [-0.39, 0.29) is 5.78 Å². The summed E-state index contributed by atoms with van der Waals surface area (Å²) < 4.78 is 0. The van der Waals surface area contributed by atoms with Crippen molar-refractivity contribution in [2.45, 2.75) is 45.4 Å². The summed E-state index contributed by atoms with van der Waals surface area (Å²) in [7, 11) is 0. The Morgan fingerprint density at radius 3 is 2.73 bits per heavy atom. The van der Waals surface area contributed by atoms with E-state index in [4.69, 9.17) is 0 Å². The van der Waals surface area contributed by atoms with Crippen molar-refractivity contribution >= 4 is 5.78 Å². The van der Waals surface area contributed by atoms with E-state index in [2.05, 4.69) is 9.97 Å². The molecule has 0 bridgehead atoms. The van der Waals surface area contributed by atoms with Crippen molar-refractivity contribution in [1.82, 2.24) is 9.97 Å². The van der Waals surface area contributed by atoms with Crippen molar-refractivity contribution in [3.8, 4) is 0 Å². The van der Waals surface area contributed by atoms with Crippen molar-refractivity contribution in [2.75, 3.05) is 0 Å². The van der Waals surface area contributed by atoms with E-state index in [1.165, 1.54) is 19.3 Å². The van der Waals surface area contributed by atoms with Gasteiger partial charge in [0, 0.05) is 6.42 Å². The highest BCUT2D eigenvalue weighted by Gasteiger charge is 2.13. The standard InChI is InChI=1S/C12H16N2O/c1-2-12(15)11-8-13-9-6-4-3-5-7-10(9)14-11/h8H,2-7H2,1H3. The van der Waals surface area contributed by atoms with Gasteiger partial charge in [-0.2, -0.15) is 0 Å². The molecule has 1 aliphatic rings. The molecule has 1 heterocycles. The number of hydrogen-bond donors (Lipinski definition) is 0. The fraction of sp³-hybridized carbons (Fsp3) is 0.583. The molecule has 0 radical (unpaired) electrons. The summed E-state index contributed by atoms with van der Waals surface area (Å²) >= 11 is 0. The lowest BCUT2D eigenvalue weighted by molar-refractivity contribution is 0.0982. The monoisotopic (exact) mass is 204 g/mol. The molecule has 3 heteroatoms. The van der Waals surface area contributed by atoms with Gasteiger partial charge in [0.05, 0.1) is 17.6 Å². The van der Waals surface area contributed by atoms with Crippen molar-refractivity contribution < 1.29 is 4.79 Å². The Labute approximate surface area is 89.9 Å². The summed E-state index contributed by atoms with van der Waals surface area (Å²) in [6.45, 7) is 1.86. The third-order valence-electron chi connectivity index (χ3n) is 2.87. The number of Topliss-reactive ketones (excluding diaryl/α,β-unsaturated/α-hetero) is 1. The molecule has 15 heavy (non-hydrogen) atoms. The van der Waals surface area contributed by atoms with Crippen LogP contribution in [0.2, 0.25) is 0 Å². The molecule has 0 aromatic carbocycles. The molecule has 2 rings (SSSR count). The summed E-state index contributed by atoms with van der Waals surface area (Å²) in [6.07, 6.45) is 7.75. The third kappa shape index (κ3) is 2.22. The van der Waals surface area contributed by atoms with Crippen LogP contribution in [0.25, 0.3) is 0 Å². The third-order valence-corrected chi connectivity index (χ3v) is 2.87. The minimum absolute atomic E-state index is 0.0922. The fourth-order valence-corrected chi connectivity index (χ4v) is 1.94. The summed E-state index contributed by atoms with van der Waals surface area (Å²) in [5, 5.41) is 0. The second-order valence-electron chi connectivity index (χ2n) is 3.99. The van der Waals surface area contributed by atoms with Gasteiger partial charge in [0.2, 0.25) is 0 Å². The van der Waals surface area contributed by atoms with E-state index in [1.54, 1.807) is 6.20 Å². The molecule has 0 saturated carbocycles. The topological polar surface area (TPSA) is 42.9 Å². The van der Waals surface area contributed by atoms with Crippen LogP contribution in [0.15, 0.2) is 6.20 Å². The fourth-order valence-electron chi connectivity index (χ4n) is 1.94. The number of nitrogens with zero attached hydrogens (tertiary/aromatic N) is 2. The van der Waals surface area contributed by atoms with Crippen molar-refractivity contribution in [3.05, 3.63) is 23.3 Å². The van der Waals surface area contributed by atoms with Crippen LogP contribution in [0.5, 0.6) is 0 Å². The lowest BCUT2D eigenvalue weighted by Crippen LogP contribution is -2.07. The Balaban J connectivity index is 2.31. The molecule has 0 atom stereocenters. The average molecular weight is 204 g/mol. The summed E-state index contributed by atoms with van der Waals surface area (Å²) in [5.41, 5.74) is 2.69. The molecule has 0 fully saturated rings. The van der Waals surface area contributed by atoms with Gasteiger partial charge in [0.1, 0.15) is 5.69 Å². The van der Waals surface area contributed by atoms with Gasteiger partial charge < -0.3 is 0 Å². The van der Waals surface area contributed by atoms with Gasteiger partial charge in [-0.1, -0.05) is 13.3 Å². The Bertz CT molecular complexity index is 374. The van der Waals surface area contributed by atoms with Gasteiger partial charge in [-0.25, -0.2) is 4.98 Å². The number of carbonyl (C=O) groups is 1. The highest BCUT2D eigenvalue weighted by atomic mass is 16.1. The van der Waals surface area contributed by atoms with Gasteiger partial charge in [0.15, 0.2) is 5.78 Å². The first-order valence-electron chi connectivity index (χ1n) is 5.69. The molecule has 0 aliphatic heterocycles. The van der Waals surface area contributed by atoms with Crippen LogP contribution in [0, 0.1) is 0 Å². The average Bonchev–Trinajstić information content (AvgIpc) is 2.51. The van der Waals surface area contributed by atoms with E-state index in [0.29, 0.717) is 12.1 Å². The largest absolute Gasteiger partial charge is 0.292 e. The number of hydrogen-bond acceptors (Lipinski definition) is 3. The summed E-state index contributed by atoms with van der Waals surface area (Å²) in [4.78, 5) is 20.3. The minimum atomic E-state index is 0.0922. The van der Waals surface area contributed by atoms with Crippen molar-refractivity contribution in [2.24, 2.45) is 0 Å². The number of aryl methyl sites for hydroxylation is 2. The molecule has 0 N–H and O–H groups in total. The number of carbonyl (C=O) groups excluding carboxylic acids is 1. The first kappa shape index (κ1) is 10.3. The summed E-state index contributed by atoms with van der Waals surface area (Å²) in [5.74, 6) is 0.0922. The molecule has 1 aromatic rings. The predicted octanol–water partition coefficient (Wildman–Crippen LogP) is 2.34. The second kappa shape index (κ2) is 4.51. The molecule has 0 unspecified atom stereocenters. The smallest absolute Gasteiger partial charge is 0.182 e. The summed E-state index contributed by atoms with van der Waals surface area (Å²) in [6, 6.07) is 0. The maximum atomic E-state index is 11.5. The van der Waals surface area contributed by atoms with Gasteiger partial charge in [0.25, 0.3) is 0 Å². The van der Waals surface area contributed by atoms with Crippen LogP contribution in [0.3, 0.4) is 0 Å². The second-order valence-corrected chi connectivity index (χ2v) is 3.99. The van der Waals surface area contributed by atoms with Gasteiger partial charge in [-0.3, -0.25) is 9.78 Å². The molecular weight excluding hydrogens is 188 g/mol. The van der Waals surface area contributed by atoms with E-state index in [0.717, 1.165) is 24.2 Å². The zero-order valence-corrected chi connectivity index (χ0v) is 9.12. The molecule has 0 spiro atoms. The predicted molar refractivity (Wildman–Crippen MR) is 57.9 cm³/mol. The van der Waals surface area contributed by atoms with Gasteiger partial charge in [-0.05, 0) is 25.7 Å². The Kier molecular flexibility index (Phi) is 3.09. The minimum Gasteiger partial charge on any atom is -0.292 e. The first-order chi connectivity index (χ1) is 7.31. The van der Waals surface area contributed by atoms with Crippen LogP contribution in [0.4, 0.5) is 0 Å². The van der Waals surface area contributed by atoms with Crippen molar-refractivity contribution in [3.63, 3.8) is 0 Å². The quantitative estimate of drug-likeness (QED) is 0.548. The van der Waals surface area contributed by atoms with E-state index in [9.17, 15) is 4.79 Å². The number of aromatic nitrogens is 2. The van der Waals surface area contributed by atoms with E-state index < -0.39 is 0 Å². The highest BCUT2D eigenvalue weighted by molar-refractivity contribution is 5.93. The number of fused-ring (bicyclic) bond motifs is 1. The maximum absolute atomic E-state index is 11.5. The Hall–Kier alpha value is -1.25. The van der Waals surface area contributed by atoms with Gasteiger partial charge in [-0.15, -0.1) is 0 Å². The normalized spacial score (nSPS) is 15.5. The Morgan fingerprint density at radius 2 is 2.00 bits per heavy atom. The molecule has 1 aromatic heterocycles. The van der Waals surface area contributed by atoms with Gasteiger partial charge >= 0.3 is 0 Å².